The third kappa shape index (κ3) is 8.06. The first kappa shape index (κ1) is 26.7. The smallest absolute Gasteiger partial charge is 0.331 e. The monoisotopic (exact) mass is 501 g/mol. The van der Waals surface area contributed by atoms with Crippen molar-refractivity contribution in [3.8, 4) is 6.07 Å². The van der Waals surface area contributed by atoms with Gasteiger partial charge in [-0.1, -0.05) is 12.8 Å². The molecule has 1 saturated heterocycles. The summed E-state index contributed by atoms with van der Waals surface area (Å²) in [6.45, 7) is 7.60. The van der Waals surface area contributed by atoms with Gasteiger partial charge in [0.2, 0.25) is 0 Å². The summed E-state index contributed by atoms with van der Waals surface area (Å²) in [6.07, 6.45) is 12.0. The van der Waals surface area contributed by atoms with Gasteiger partial charge in [0, 0.05) is 49.2 Å². The van der Waals surface area contributed by atoms with Crippen LogP contribution in [0.25, 0.3) is 6.08 Å². The Labute approximate surface area is 220 Å². The molecule has 7 heteroatoms. The number of benzene rings is 1. The minimum Gasteiger partial charge on any atom is -0.457 e. The summed E-state index contributed by atoms with van der Waals surface area (Å²) < 4.78 is 5.36. The molecular weight excluding hydrogens is 462 g/mol. The summed E-state index contributed by atoms with van der Waals surface area (Å²) in [6, 6.07) is 15.1. The summed E-state index contributed by atoms with van der Waals surface area (Å²) in [5.74, 6) is 0.478. The van der Waals surface area contributed by atoms with Crippen molar-refractivity contribution in [2.75, 3.05) is 23.3 Å². The average molecular weight is 502 g/mol. The summed E-state index contributed by atoms with van der Waals surface area (Å²) in [7, 11) is 0. The molecule has 7 nitrogen and oxygen atoms in total. The summed E-state index contributed by atoms with van der Waals surface area (Å²) in [5, 5.41) is 16.7. The Morgan fingerprint density at radius 1 is 1.11 bits per heavy atom. The van der Waals surface area contributed by atoms with E-state index in [-0.39, 0.29) is 5.97 Å². The Balaban J connectivity index is 1.36. The van der Waals surface area contributed by atoms with Crippen LogP contribution in [0.1, 0.15) is 70.4 Å². The van der Waals surface area contributed by atoms with Crippen molar-refractivity contribution >= 4 is 23.6 Å². The summed E-state index contributed by atoms with van der Waals surface area (Å²) in [5.41, 5.74) is 2.29. The fourth-order valence-electron chi connectivity index (χ4n) is 5.22. The first-order valence-electron chi connectivity index (χ1n) is 13.4. The van der Waals surface area contributed by atoms with Crippen LogP contribution in [0.2, 0.25) is 0 Å². The number of nitrogens with zero attached hydrogens (tertiary/aromatic N) is 3. The Hall–Kier alpha value is -3.37. The number of carbonyl (C=O) groups excluding carboxylic acids is 1. The maximum absolute atomic E-state index is 12.0. The number of aromatic nitrogens is 1. The molecule has 2 heterocycles. The van der Waals surface area contributed by atoms with E-state index in [0.717, 1.165) is 43.7 Å². The fourth-order valence-corrected chi connectivity index (χ4v) is 5.22. The van der Waals surface area contributed by atoms with Crippen LogP contribution in [-0.2, 0) is 9.53 Å². The van der Waals surface area contributed by atoms with Crippen molar-refractivity contribution in [2.45, 2.75) is 83.0 Å². The number of pyridine rings is 1. The van der Waals surface area contributed by atoms with Crippen LogP contribution in [0.4, 0.5) is 11.5 Å². The predicted molar refractivity (Wildman–Crippen MR) is 148 cm³/mol. The number of nitrogens with one attached hydrogen (secondary N) is 2. The Morgan fingerprint density at radius 3 is 2.59 bits per heavy atom. The molecule has 2 aliphatic rings. The van der Waals surface area contributed by atoms with Gasteiger partial charge in [0.25, 0.3) is 0 Å². The molecule has 1 aliphatic carbocycles. The number of carbonyl (C=O) groups is 1. The maximum atomic E-state index is 12.0. The van der Waals surface area contributed by atoms with Gasteiger partial charge in [-0.3, -0.25) is 0 Å². The van der Waals surface area contributed by atoms with Gasteiger partial charge in [0.15, 0.2) is 0 Å². The molecule has 2 N–H and O–H groups in total. The number of ether oxygens (including phenoxy) is 1. The number of piperidine rings is 1. The highest BCUT2D eigenvalue weighted by molar-refractivity contribution is 5.87. The molecular formula is C30H39N5O2. The molecule has 3 atom stereocenters. The molecule has 1 saturated carbocycles. The molecule has 0 spiro atoms. The SMILES string of the molecule is CC(C)(C)OC(=O)/C=C/c1ccnc(N[C@@H]2CCCC[C@H]2NC2CCCN(c3ccc(C#N)cc3)C2)c1. The molecule has 0 bridgehead atoms. The Kier molecular flexibility index (Phi) is 8.83. The van der Waals surface area contributed by atoms with E-state index in [9.17, 15) is 4.79 Å². The molecule has 196 valence electrons. The second-order valence-corrected chi connectivity index (χ2v) is 11.1. The molecule has 1 aromatic carbocycles. The van der Waals surface area contributed by atoms with E-state index in [4.69, 9.17) is 10.00 Å². The van der Waals surface area contributed by atoms with Crippen LogP contribution in [0.3, 0.4) is 0 Å². The lowest BCUT2D eigenvalue weighted by molar-refractivity contribution is -0.148. The topological polar surface area (TPSA) is 90.3 Å². The van der Waals surface area contributed by atoms with Crippen LogP contribution in [-0.4, -0.2) is 47.8 Å². The average Bonchev–Trinajstić information content (AvgIpc) is 2.88. The first-order chi connectivity index (χ1) is 17.8. The van der Waals surface area contributed by atoms with Gasteiger partial charge in [-0.15, -0.1) is 0 Å². The zero-order chi connectivity index (χ0) is 26.3. The van der Waals surface area contributed by atoms with Crippen LogP contribution in [0.15, 0.2) is 48.7 Å². The minimum absolute atomic E-state index is 0.302. The van der Waals surface area contributed by atoms with Crippen LogP contribution in [0, 0.1) is 11.3 Å². The highest BCUT2D eigenvalue weighted by atomic mass is 16.6. The van der Waals surface area contributed by atoms with Crippen molar-refractivity contribution in [3.05, 3.63) is 59.8 Å². The van der Waals surface area contributed by atoms with Crippen molar-refractivity contribution in [1.29, 1.82) is 5.26 Å². The number of hydrogen-bond donors (Lipinski definition) is 2. The van der Waals surface area contributed by atoms with Crippen molar-refractivity contribution in [2.24, 2.45) is 0 Å². The molecule has 0 radical (unpaired) electrons. The Morgan fingerprint density at radius 2 is 1.86 bits per heavy atom. The molecule has 1 aromatic heterocycles. The number of hydrogen-bond acceptors (Lipinski definition) is 7. The molecule has 4 rings (SSSR count). The van der Waals surface area contributed by atoms with E-state index in [2.05, 4.69) is 38.7 Å². The van der Waals surface area contributed by atoms with E-state index >= 15 is 0 Å². The third-order valence-corrected chi connectivity index (χ3v) is 6.93. The van der Waals surface area contributed by atoms with Gasteiger partial charge < -0.3 is 20.3 Å². The number of anilines is 2. The predicted octanol–water partition coefficient (Wildman–Crippen LogP) is 5.29. The molecule has 1 aliphatic heterocycles. The second kappa shape index (κ2) is 12.2. The standard InChI is InChI=1S/C30H39N5O2/c1-30(2,3)37-29(36)15-12-22-16-17-32-28(19-22)34-27-9-5-4-8-26(27)33-24-7-6-18-35(21-24)25-13-10-23(20-31)11-14-25/h10-17,19,24,26-27,33H,4-9,18,21H2,1-3H3,(H,32,34)/b15-12+/t24?,26-,27-/m1/s1. The highest BCUT2D eigenvalue weighted by Gasteiger charge is 2.29. The van der Waals surface area contributed by atoms with Gasteiger partial charge in [-0.05, 0) is 94.5 Å². The minimum atomic E-state index is -0.507. The molecule has 0 amide bonds. The number of rotatable bonds is 7. The molecule has 2 aromatic rings. The second-order valence-electron chi connectivity index (χ2n) is 11.1. The zero-order valence-corrected chi connectivity index (χ0v) is 22.2. The van der Waals surface area contributed by atoms with Crippen LogP contribution < -0.4 is 15.5 Å². The van der Waals surface area contributed by atoms with Gasteiger partial charge in [-0.25, -0.2) is 9.78 Å². The first-order valence-corrected chi connectivity index (χ1v) is 13.4. The summed E-state index contributed by atoms with van der Waals surface area (Å²) >= 11 is 0. The fraction of sp³-hybridized carbons (Fsp3) is 0.500. The van der Waals surface area contributed by atoms with E-state index in [1.54, 1.807) is 12.3 Å². The van der Waals surface area contributed by atoms with Gasteiger partial charge in [-0.2, -0.15) is 5.26 Å². The van der Waals surface area contributed by atoms with Gasteiger partial charge in [0.1, 0.15) is 11.4 Å². The third-order valence-electron chi connectivity index (χ3n) is 6.93. The van der Waals surface area contributed by atoms with Gasteiger partial charge >= 0.3 is 5.97 Å². The van der Waals surface area contributed by atoms with E-state index in [0.29, 0.717) is 23.7 Å². The van der Waals surface area contributed by atoms with Crippen LogP contribution in [0.5, 0.6) is 0 Å². The van der Waals surface area contributed by atoms with E-state index < -0.39 is 5.60 Å². The van der Waals surface area contributed by atoms with Crippen molar-refractivity contribution in [1.82, 2.24) is 10.3 Å². The normalized spacial score (nSPS) is 22.4. The number of esters is 1. The van der Waals surface area contributed by atoms with Gasteiger partial charge in [0.05, 0.1) is 11.6 Å². The quantitative estimate of drug-likeness (QED) is 0.393. The molecule has 1 unspecified atom stereocenters. The zero-order valence-electron chi connectivity index (χ0n) is 22.2. The lowest BCUT2D eigenvalue weighted by Crippen LogP contribution is -2.55. The van der Waals surface area contributed by atoms with Crippen molar-refractivity contribution < 1.29 is 9.53 Å². The van der Waals surface area contributed by atoms with Crippen LogP contribution >= 0.6 is 0 Å². The highest BCUT2D eigenvalue weighted by Crippen LogP contribution is 2.25. The lowest BCUT2D eigenvalue weighted by Gasteiger charge is -2.40. The van der Waals surface area contributed by atoms with E-state index in [1.165, 1.54) is 31.0 Å². The lowest BCUT2D eigenvalue weighted by atomic mass is 9.89. The Bertz CT molecular complexity index is 1120. The van der Waals surface area contributed by atoms with E-state index in [1.807, 2.05) is 45.0 Å². The summed E-state index contributed by atoms with van der Waals surface area (Å²) in [4.78, 5) is 19.0. The molecule has 37 heavy (non-hydrogen) atoms. The largest absolute Gasteiger partial charge is 0.457 e. The number of nitriles is 1. The maximum Gasteiger partial charge on any atom is 0.331 e. The molecule has 2 fully saturated rings. The van der Waals surface area contributed by atoms with Crippen molar-refractivity contribution in [3.63, 3.8) is 0 Å².